The van der Waals surface area contributed by atoms with E-state index in [2.05, 4.69) is 90.1 Å². The smallest absolute Gasteiger partial charge is 0.127 e. The number of hydrogen-bond acceptors (Lipinski definition) is 1. The number of halogens is 2. The number of benzene rings is 2. The molecule has 0 aliphatic carbocycles. The number of unbranched alkanes of at least 4 members (excludes halogenated alkanes) is 6. The first-order chi connectivity index (χ1) is 20.0. The molecule has 0 aromatic heterocycles. The van der Waals surface area contributed by atoms with Gasteiger partial charge in [0, 0.05) is 11.1 Å². The normalized spacial score (nSPS) is 11.6. The first kappa shape index (κ1) is 42.1. The van der Waals surface area contributed by atoms with Crippen LogP contribution >= 0.6 is 0 Å². The lowest BCUT2D eigenvalue weighted by molar-refractivity contribution is -0.941. The molecule has 0 aliphatic heterocycles. The van der Waals surface area contributed by atoms with E-state index < -0.39 is 0 Å². The predicted molar refractivity (Wildman–Crippen MR) is 180 cm³/mol. The lowest BCUT2D eigenvalue weighted by Gasteiger charge is -2.39. The monoisotopic (exact) mass is 724 g/mol. The van der Waals surface area contributed by atoms with Gasteiger partial charge in [0.1, 0.15) is 24.6 Å². The van der Waals surface area contributed by atoms with Crippen LogP contribution in [0.2, 0.25) is 0 Å². The number of nitrogens with zero attached hydrogens (tertiary/aromatic N) is 2. The zero-order valence-corrected chi connectivity index (χ0v) is 32.0. The topological polar surface area (TPSA) is 9.23 Å². The van der Waals surface area contributed by atoms with Gasteiger partial charge in [-0.05, 0) is 87.1 Å². The van der Waals surface area contributed by atoms with E-state index in [1.807, 2.05) is 0 Å². The van der Waals surface area contributed by atoms with Crippen LogP contribution in [0.4, 0.5) is 0 Å². The second-order valence-electron chi connectivity index (χ2n) is 12.9. The molecule has 43 heavy (non-hydrogen) atoms. The summed E-state index contributed by atoms with van der Waals surface area (Å²) in [6.45, 7) is 24.1. The Balaban J connectivity index is 0.00000882. The van der Waals surface area contributed by atoms with Crippen LogP contribution in [0.1, 0.15) is 130 Å². The lowest BCUT2D eigenvalue weighted by Crippen LogP contribution is -3.00. The first-order valence-corrected chi connectivity index (χ1v) is 17.5. The van der Waals surface area contributed by atoms with Crippen LogP contribution < -0.4 is 38.7 Å². The molecule has 0 heterocycles. The van der Waals surface area contributed by atoms with E-state index in [1.54, 1.807) is 0 Å². The van der Waals surface area contributed by atoms with Crippen molar-refractivity contribution in [3.05, 3.63) is 59.7 Å². The molecule has 0 aliphatic rings. The molecular formula is C38H66Br2N2O. The van der Waals surface area contributed by atoms with Crippen LogP contribution in [0.25, 0.3) is 0 Å². The highest BCUT2D eigenvalue weighted by atomic mass is 79.9. The molecule has 0 atom stereocenters. The van der Waals surface area contributed by atoms with Gasteiger partial charge in [-0.15, -0.1) is 0 Å². The summed E-state index contributed by atoms with van der Waals surface area (Å²) in [5.74, 6) is 1.88. The number of ether oxygens (including phenoxy) is 1. The van der Waals surface area contributed by atoms with Crippen molar-refractivity contribution in [1.82, 2.24) is 0 Å². The van der Waals surface area contributed by atoms with Crippen molar-refractivity contribution in [2.45, 2.75) is 132 Å². The molecule has 3 nitrogen and oxygen atoms in total. The number of rotatable bonds is 24. The van der Waals surface area contributed by atoms with Gasteiger partial charge in [-0.3, -0.25) is 0 Å². The molecule has 0 radical (unpaired) electrons. The largest absolute Gasteiger partial charge is 1.00 e. The minimum atomic E-state index is 0. The number of hydrogen-bond donors (Lipinski definition) is 0. The standard InChI is InChI=1S/C38H66N2O.2BrH/c1-7-13-27-39(28-14-8-2,29-15-9-3)33-35-19-23-37(24-20-35)41-38-25-21-36(22-26-38)34-40(30-16-10-4,31-17-11-5)32-18-12-6;;/h19-26H,7-18,27-34H2,1-6H3;2*1H/q+2;;/p-2. The summed E-state index contributed by atoms with van der Waals surface area (Å²) in [5.41, 5.74) is 2.88. The third-order valence-corrected chi connectivity index (χ3v) is 9.03. The Morgan fingerprint density at radius 2 is 0.628 bits per heavy atom. The van der Waals surface area contributed by atoms with Gasteiger partial charge in [-0.2, -0.15) is 0 Å². The minimum absolute atomic E-state index is 0. The van der Waals surface area contributed by atoms with Gasteiger partial charge >= 0.3 is 0 Å². The molecule has 0 unspecified atom stereocenters. The Hall–Kier alpha value is -0.880. The van der Waals surface area contributed by atoms with Crippen LogP contribution in [-0.2, 0) is 13.1 Å². The van der Waals surface area contributed by atoms with E-state index >= 15 is 0 Å². The average molecular weight is 727 g/mol. The lowest BCUT2D eigenvalue weighted by atomic mass is 10.1. The van der Waals surface area contributed by atoms with Gasteiger partial charge in [0.25, 0.3) is 0 Å². The maximum atomic E-state index is 6.33. The average Bonchev–Trinajstić information content (AvgIpc) is 3.00. The summed E-state index contributed by atoms with van der Waals surface area (Å²) in [5, 5.41) is 0. The first-order valence-electron chi connectivity index (χ1n) is 17.5. The van der Waals surface area contributed by atoms with Crippen LogP contribution in [0.5, 0.6) is 11.5 Å². The molecule has 0 fully saturated rings. The van der Waals surface area contributed by atoms with Crippen LogP contribution in [0.3, 0.4) is 0 Å². The fraction of sp³-hybridized carbons (Fsp3) is 0.684. The van der Waals surface area contributed by atoms with Crippen molar-refractivity contribution in [3.8, 4) is 11.5 Å². The molecule has 2 aromatic carbocycles. The predicted octanol–water partition coefficient (Wildman–Crippen LogP) is 4.92. The summed E-state index contributed by atoms with van der Waals surface area (Å²) in [7, 11) is 0. The molecule has 2 rings (SSSR count). The molecule has 5 heteroatoms. The SMILES string of the molecule is CCCC[N+](CCCC)(CCCC)Cc1ccc(Oc2ccc(C[N+](CCCC)(CCCC)CCCC)cc2)cc1.[Br-].[Br-]. The Labute approximate surface area is 288 Å². The minimum Gasteiger partial charge on any atom is -1.00 e. The van der Waals surface area contributed by atoms with Crippen LogP contribution in [0.15, 0.2) is 48.5 Å². The van der Waals surface area contributed by atoms with Crippen molar-refractivity contribution < 1.29 is 47.7 Å². The quantitative estimate of drug-likeness (QED) is 0.140. The highest BCUT2D eigenvalue weighted by Crippen LogP contribution is 2.27. The van der Waals surface area contributed by atoms with E-state index in [1.165, 1.54) is 136 Å². The summed E-state index contributed by atoms with van der Waals surface area (Å²) in [4.78, 5) is 0. The zero-order valence-electron chi connectivity index (χ0n) is 28.8. The molecule has 0 saturated carbocycles. The maximum Gasteiger partial charge on any atom is 0.127 e. The van der Waals surface area contributed by atoms with E-state index in [0.717, 1.165) is 24.6 Å². The van der Waals surface area contributed by atoms with E-state index in [4.69, 9.17) is 4.74 Å². The van der Waals surface area contributed by atoms with Gasteiger partial charge in [0.15, 0.2) is 0 Å². The Morgan fingerprint density at radius 3 is 0.837 bits per heavy atom. The second-order valence-corrected chi connectivity index (χ2v) is 12.9. The fourth-order valence-corrected chi connectivity index (χ4v) is 6.34. The third-order valence-electron chi connectivity index (χ3n) is 9.03. The Bertz CT molecular complexity index is 797. The summed E-state index contributed by atoms with van der Waals surface area (Å²) >= 11 is 0. The highest BCUT2D eigenvalue weighted by molar-refractivity contribution is 5.34. The van der Waals surface area contributed by atoms with Crippen LogP contribution in [-0.4, -0.2) is 48.2 Å². The molecular weight excluding hydrogens is 660 g/mol. The zero-order chi connectivity index (χ0) is 29.8. The maximum absolute atomic E-state index is 6.33. The molecule has 248 valence electrons. The third kappa shape index (κ3) is 15.8. The molecule has 0 amide bonds. The van der Waals surface area contributed by atoms with Crippen molar-refractivity contribution >= 4 is 0 Å². The Morgan fingerprint density at radius 1 is 0.395 bits per heavy atom. The number of quaternary nitrogens is 2. The summed E-state index contributed by atoms with van der Waals surface area (Å²) in [6, 6.07) is 17.9. The van der Waals surface area contributed by atoms with E-state index in [-0.39, 0.29) is 34.0 Å². The molecule has 2 aromatic rings. The summed E-state index contributed by atoms with van der Waals surface area (Å²) < 4.78 is 8.81. The molecule has 0 bridgehead atoms. The van der Waals surface area contributed by atoms with Crippen molar-refractivity contribution in [2.75, 3.05) is 39.3 Å². The Kier molecular flexibility index (Phi) is 23.9. The van der Waals surface area contributed by atoms with Crippen molar-refractivity contribution in [1.29, 1.82) is 0 Å². The van der Waals surface area contributed by atoms with E-state index in [0.29, 0.717) is 0 Å². The van der Waals surface area contributed by atoms with Crippen molar-refractivity contribution in [3.63, 3.8) is 0 Å². The van der Waals surface area contributed by atoms with Gasteiger partial charge in [0.2, 0.25) is 0 Å². The van der Waals surface area contributed by atoms with Gasteiger partial charge in [-0.25, -0.2) is 0 Å². The molecule has 0 saturated heterocycles. The molecule has 0 N–H and O–H groups in total. The van der Waals surface area contributed by atoms with Crippen LogP contribution in [0, 0.1) is 0 Å². The van der Waals surface area contributed by atoms with Gasteiger partial charge in [0.05, 0.1) is 39.3 Å². The summed E-state index contributed by atoms with van der Waals surface area (Å²) in [6.07, 6.45) is 15.6. The van der Waals surface area contributed by atoms with Crippen molar-refractivity contribution in [2.24, 2.45) is 0 Å². The molecule has 0 spiro atoms. The van der Waals surface area contributed by atoms with E-state index in [9.17, 15) is 0 Å². The van der Waals surface area contributed by atoms with Gasteiger partial charge in [-0.1, -0.05) is 80.1 Å². The second kappa shape index (κ2) is 24.4. The fourth-order valence-electron chi connectivity index (χ4n) is 6.34. The van der Waals surface area contributed by atoms with Gasteiger partial charge < -0.3 is 47.7 Å². The highest BCUT2D eigenvalue weighted by Gasteiger charge is 2.27.